The van der Waals surface area contributed by atoms with Crippen molar-refractivity contribution in [3.8, 4) is 17.1 Å². The number of aromatic nitrogens is 3. The van der Waals surface area contributed by atoms with Gasteiger partial charge in [0, 0.05) is 12.1 Å². The molecule has 1 saturated heterocycles. The number of hydrogen-bond acceptors (Lipinski definition) is 6. The molecular formula is C20H21N5O3S. The number of benzene rings is 1. The minimum atomic E-state index is -0.450. The Balaban J connectivity index is 1.37. The van der Waals surface area contributed by atoms with Crippen LogP contribution in [-0.4, -0.2) is 51.6 Å². The van der Waals surface area contributed by atoms with E-state index in [0.717, 1.165) is 17.7 Å². The van der Waals surface area contributed by atoms with Gasteiger partial charge in [0.25, 0.3) is 5.91 Å². The molecule has 2 N–H and O–H groups in total. The molecular weight excluding hydrogens is 390 g/mol. The third-order valence-corrected chi connectivity index (χ3v) is 5.72. The zero-order valence-electron chi connectivity index (χ0n) is 15.9. The van der Waals surface area contributed by atoms with Gasteiger partial charge in [0.1, 0.15) is 17.6 Å². The number of nitrogens with one attached hydrogen (secondary N) is 2. The van der Waals surface area contributed by atoms with Crippen molar-refractivity contribution in [1.82, 2.24) is 25.4 Å². The number of H-pyrrole nitrogens is 1. The van der Waals surface area contributed by atoms with Crippen LogP contribution in [0.5, 0.6) is 5.75 Å². The Kier molecular flexibility index (Phi) is 5.57. The van der Waals surface area contributed by atoms with Gasteiger partial charge in [-0.3, -0.25) is 14.7 Å². The molecule has 3 heterocycles. The van der Waals surface area contributed by atoms with Gasteiger partial charge in [-0.05, 0) is 48.6 Å². The van der Waals surface area contributed by atoms with E-state index in [1.54, 1.807) is 18.1 Å². The van der Waals surface area contributed by atoms with E-state index in [2.05, 4.69) is 20.5 Å². The summed E-state index contributed by atoms with van der Waals surface area (Å²) in [6.07, 6.45) is 1.48. The van der Waals surface area contributed by atoms with Crippen LogP contribution in [0.3, 0.4) is 0 Å². The topological polar surface area (TPSA) is 100 Å². The summed E-state index contributed by atoms with van der Waals surface area (Å²) in [6.45, 7) is 0.818. The molecule has 1 atom stereocenters. The van der Waals surface area contributed by atoms with Gasteiger partial charge in [0.15, 0.2) is 5.82 Å². The van der Waals surface area contributed by atoms with Crippen LogP contribution in [0.4, 0.5) is 0 Å². The minimum absolute atomic E-state index is 0.0842. The van der Waals surface area contributed by atoms with E-state index in [1.807, 2.05) is 35.7 Å². The predicted octanol–water partition coefficient (Wildman–Crippen LogP) is 2.46. The fourth-order valence-corrected chi connectivity index (χ4v) is 4.04. The summed E-state index contributed by atoms with van der Waals surface area (Å²) >= 11 is 1.39. The summed E-state index contributed by atoms with van der Waals surface area (Å²) in [5, 5.41) is 11.8. The number of ether oxygens (including phenoxy) is 1. The van der Waals surface area contributed by atoms with Crippen LogP contribution in [0.25, 0.3) is 11.4 Å². The Morgan fingerprint density at radius 1 is 1.31 bits per heavy atom. The second-order valence-corrected chi connectivity index (χ2v) is 7.63. The summed E-state index contributed by atoms with van der Waals surface area (Å²) in [6, 6.07) is 10.6. The van der Waals surface area contributed by atoms with E-state index in [4.69, 9.17) is 4.74 Å². The van der Waals surface area contributed by atoms with Gasteiger partial charge >= 0.3 is 0 Å². The lowest BCUT2D eigenvalue weighted by Crippen LogP contribution is -2.45. The van der Waals surface area contributed by atoms with Crippen LogP contribution >= 0.6 is 11.3 Å². The molecule has 0 bridgehead atoms. The normalized spacial score (nSPS) is 16.0. The first-order chi connectivity index (χ1) is 14.2. The number of hydrogen-bond donors (Lipinski definition) is 2. The monoisotopic (exact) mass is 411 g/mol. The van der Waals surface area contributed by atoms with Gasteiger partial charge in [-0.1, -0.05) is 6.07 Å². The van der Waals surface area contributed by atoms with Crippen LogP contribution in [0.1, 0.15) is 28.3 Å². The molecule has 0 aliphatic carbocycles. The van der Waals surface area contributed by atoms with Crippen molar-refractivity contribution < 1.29 is 14.3 Å². The van der Waals surface area contributed by atoms with Gasteiger partial charge in [0.05, 0.1) is 18.5 Å². The molecule has 4 rings (SSSR count). The Morgan fingerprint density at radius 3 is 2.86 bits per heavy atom. The lowest BCUT2D eigenvalue weighted by atomic mass is 10.2. The van der Waals surface area contributed by atoms with Crippen molar-refractivity contribution >= 4 is 23.2 Å². The van der Waals surface area contributed by atoms with Gasteiger partial charge < -0.3 is 15.0 Å². The third-order valence-electron chi connectivity index (χ3n) is 4.86. The summed E-state index contributed by atoms with van der Waals surface area (Å²) in [7, 11) is 1.61. The molecule has 1 aromatic carbocycles. The molecule has 29 heavy (non-hydrogen) atoms. The fourth-order valence-electron chi connectivity index (χ4n) is 3.36. The lowest BCUT2D eigenvalue weighted by molar-refractivity contribution is -0.125. The van der Waals surface area contributed by atoms with E-state index in [0.29, 0.717) is 29.5 Å². The maximum Gasteiger partial charge on any atom is 0.264 e. The molecule has 1 fully saturated rings. The highest BCUT2D eigenvalue weighted by Gasteiger charge is 2.34. The van der Waals surface area contributed by atoms with Crippen molar-refractivity contribution in [3.63, 3.8) is 0 Å². The molecule has 8 nitrogen and oxygen atoms in total. The first-order valence-electron chi connectivity index (χ1n) is 9.33. The number of rotatable bonds is 6. The average molecular weight is 411 g/mol. The zero-order valence-corrected chi connectivity index (χ0v) is 16.7. The number of carbonyl (C=O) groups excluding carboxylic acids is 2. The molecule has 0 saturated carbocycles. The molecule has 3 aromatic rings. The van der Waals surface area contributed by atoms with E-state index in [9.17, 15) is 9.59 Å². The van der Waals surface area contributed by atoms with Gasteiger partial charge in [-0.2, -0.15) is 5.10 Å². The number of amides is 2. The summed E-state index contributed by atoms with van der Waals surface area (Å²) in [5.74, 6) is 1.61. The number of carbonyl (C=O) groups is 2. The number of aromatic amines is 1. The van der Waals surface area contributed by atoms with Gasteiger partial charge in [-0.15, -0.1) is 11.3 Å². The standard InChI is InChI=1S/C20H21N5O3S/c1-28-14-8-6-13(7-9-14)18-22-17(23-24-18)12-21-19(26)15-4-2-10-25(15)20(27)16-5-3-11-29-16/h3,5-9,11,15H,2,4,10,12H2,1H3,(H,21,26)(H,22,23,24)/t15-/m0/s1. The molecule has 2 amide bonds. The quantitative estimate of drug-likeness (QED) is 0.649. The van der Waals surface area contributed by atoms with Crippen LogP contribution < -0.4 is 10.1 Å². The molecule has 0 radical (unpaired) electrons. The first kappa shape index (κ1) is 19.1. The van der Waals surface area contributed by atoms with Crippen LogP contribution in [-0.2, 0) is 11.3 Å². The predicted molar refractivity (Wildman–Crippen MR) is 109 cm³/mol. The first-order valence-corrected chi connectivity index (χ1v) is 10.2. The molecule has 0 unspecified atom stereocenters. The van der Waals surface area contributed by atoms with Crippen molar-refractivity contribution in [2.24, 2.45) is 0 Å². The number of methoxy groups -OCH3 is 1. The van der Waals surface area contributed by atoms with Crippen molar-refractivity contribution in [1.29, 1.82) is 0 Å². The maximum atomic E-state index is 12.7. The van der Waals surface area contributed by atoms with Crippen molar-refractivity contribution in [3.05, 3.63) is 52.5 Å². The van der Waals surface area contributed by atoms with E-state index in [-0.39, 0.29) is 18.4 Å². The second kappa shape index (κ2) is 8.44. The summed E-state index contributed by atoms with van der Waals surface area (Å²) < 4.78 is 5.15. The highest BCUT2D eigenvalue weighted by Crippen LogP contribution is 2.23. The highest BCUT2D eigenvalue weighted by atomic mass is 32.1. The van der Waals surface area contributed by atoms with Crippen molar-refractivity contribution in [2.45, 2.75) is 25.4 Å². The molecule has 0 spiro atoms. The highest BCUT2D eigenvalue weighted by molar-refractivity contribution is 7.12. The largest absolute Gasteiger partial charge is 0.497 e. The maximum absolute atomic E-state index is 12.7. The van der Waals surface area contributed by atoms with Crippen molar-refractivity contribution in [2.75, 3.05) is 13.7 Å². The van der Waals surface area contributed by atoms with E-state index in [1.165, 1.54) is 11.3 Å². The van der Waals surface area contributed by atoms with E-state index < -0.39 is 6.04 Å². The Bertz CT molecular complexity index is 984. The number of likely N-dealkylation sites (tertiary alicyclic amines) is 1. The summed E-state index contributed by atoms with van der Waals surface area (Å²) in [5.41, 5.74) is 0.850. The molecule has 2 aromatic heterocycles. The molecule has 1 aliphatic heterocycles. The van der Waals surface area contributed by atoms with Crippen LogP contribution in [0, 0.1) is 0 Å². The van der Waals surface area contributed by atoms with Crippen LogP contribution in [0.2, 0.25) is 0 Å². The summed E-state index contributed by atoms with van der Waals surface area (Å²) in [4.78, 5) is 32.0. The Morgan fingerprint density at radius 2 is 2.14 bits per heavy atom. The SMILES string of the molecule is COc1ccc(-c2n[nH]c(CNC(=O)[C@@H]3CCCN3C(=O)c3cccs3)n2)cc1. The van der Waals surface area contributed by atoms with Gasteiger partial charge in [-0.25, -0.2) is 4.98 Å². The van der Waals surface area contributed by atoms with Crippen LogP contribution in [0.15, 0.2) is 41.8 Å². The Hall–Kier alpha value is -3.20. The number of thiophene rings is 1. The Labute approximate surface area is 171 Å². The molecule has 1 aliphatic rings. The lowest BCUT2D eigenvalue weighted by Gasteiger charge is -2.23. The fraction of sp³-hybridized carbons (Fsp3) is 0.300. The number of nitrogens with zero attached hydrogens (tertiary/aromatic N) is 3. The van der Waals surface area contributed by atoms with E-state index >= 15 is 0 Å². The molecule has 150 valence electrons. The smallest absolute Gasteiger partial charge is 0.264 e. The average Bonchev–Trinajstić information content (AvgIpc) is 3.53. The minimum Gasteiger partial charge on any atom is -0.497 e. The van der Waals surface area contributed by atoms with Gasteiger partial charge in [0.2, 0.25) is 5.91 Å². The third kappa shape index (κ3) is 4.14. The second-order valence-electron chi connectivity index (χ2n) is 6.69. The zero-order chi connectivity index (χ0) is 20.2. The molecule has 9 heteroatoms.